The summed E-state index contributed by atoms with van der Waals surface area (Å²) in [6, 6.07) is 23.2. The van der Waals surface area contributed by atoms with Crippen molar-refractivity contribution in [2.75, 3.05) is 19.7 Å². The van der Waals surface area contributed by atoms with E-state index in [-0.39, 0.29) is 37.3 Å². The number of ether oxygens (including phenoxy) is 1. The number of carbonyl (C=O) groups is 2. The Kier molecular flexibility index (Phi) is 7.76. The Morgan fingerprint density at radius 3 is 2.32 bits per heavy atom. The van der Waals surface area contributed by atoms with Crippen molar-refractivity contribution in [1.29, 1.82) is 0 Å². The predicted octanol–water partition coefficient (Wildman–Crippen LogP) is 4.04. The van der Waals surface area contributed by atoms with E-state index in [1.807, 2.05) is 61.5 Å². The van der Waals surface area contributed by atoms with E-state index < -0.39 is 0 Å². The molecule has 0 atom stereocenters. The number of carbonyl (C=O) groups excluding carboxylic acids is 2. The first-order valence-electron chi connectivity index (χ1n) is 10.1. The highest BCUT2D eigenvalue weighted by atomic mass is 19.1. The van der Waals surface area contributed by atoms with E-state index in [0.29, 0.717) is 12.3 Å². The molecule has 0 saturated heterocycles. The topological polar surface area (TPSA) is 58.6 Å². The van der Waals surface area contributed by atoms with Crippen molar-refractivity contribution >= 4 is 11.8 Å². The van der Waals surface area contributed by atoms with Crippen LogP contribution in [0.4, 0.5) is 4.39 Å². The summed E-state index contributed by atoms with van der Waals surface area (Å²) in [6.45, 7) is 2.23. The maximum Gasteiger partial charge on any atom is 0.260 e. The number of benzene rings is 3. The minimum Gasteiger partial charge on any atom is -0.483 e. The average Bonchev–Trinajstić information content (AvgIpc) is 2.81. The van der Waals surface area contributed by atoms with Crippen LogP contribution >= 0.6 is 0 Å². The third kappa shape index (κ3) is 6.40. The number of rotatable bonds is 9. The zero-order valence-corrected chi connectivity index (χ0v) is 17.4. The fourth-order valence-corrected chi connectivity index (χ4v) is 3.09. The van der Waals surface area contributed by atoms with Gasteiger partial charge in [-0.05, 0) is 36.2 Å². The van der Waals surface area contributed by atoms with E-state index in [0.717, 1.165) is 16.7 Å². The fourth-order valence-electron chi connectivity index (χ4n) is 3.09. The summed E-state index contributed by atoms with van der Waals surface area (Å²) in [5, 5.41) is 2.75. The highest BCUT2D eigenvalue weighted by Crippen LogP contribution is 2.29. The minimum absolute atomic E-state index is 0.0692. The van der Waals surface area contributed by atoms with Gasteiger partial charge in [0.05, 0.1) is 6.54 Å². The molecule has 0 fully saturated rings. The molecule has 0 aromatic heterocycles. The molecular weight excluding hydrogens is 395 g/mol. The smallest absolute Gasteiger partial charge is 0.260 e. The number of amides is 2. The summed E-state index contributed by atoms with van der Waals surface area (Å²) >= 11 is 0. The molecule has 1 N–H and O–H groups in total. The van der Waals surface area contributed by atoms with Gasteiger partial charge in [0.25, 0.3) is 5.91 Å². The number of halogens is 1. The molecule has 3 aromatic rings. The summed E-state index contributed by atoms with van der Waals surface area (Å²) in [5.74, 6) is -0.281. The number of nitrogens with one attached hydrogen (secondary N) is 1. The molecule has 0 saturated carbocycles. The van der Waals surface area contributed by atoms with Crippen LogP contribution in [0, 0.1) is 5.82 Å². The molecule has 0 aliphatic carbocycles. The van der Waals surface area contributed by atoms with Gasteiger partial charge in [0.2, 0.25) is 5.91 Å². The molecule has 0 bridgehead atoms. The van der Waals surface area contributed by atoms with Crippen LogP contribution in [0.2, 0.25) is 0 Å². The summed E-state index contributed by atoms with van der Waals surface area (Å²) in [6.07, 6.45) is 0. The molecule has 3 rings (SSSR count). The van der Waals surface area contributed by atoms with Gasteiger partial charge in [0.1, 0.15) is 11.6 Å². The lowest BCUT2D eigenvalue weighted by Gasteiger charge is -2.21. The predicted molar refractivity (Wildman–Crippen MR) is 118 cm³/mol. The monoisotopic (exact) mass is 420 g/mol. The molecule has 0 aliphatic heterocycles. The van der Waals surface area contributed by atoms with Crippen LogP contribution in [0.3, 0.4) is 0 Å². The van der Waals surface area contributed by atoms with Crippen LogP contribution in [0.15, 0.2) is 78.9 Å². The number of hydrogen-bond acceptors (Lipinski definition) is 3. The van der Waals surface area contributed by atoms with Crippen LogP contribution in [0.1, 0.15) is 12.5 Å². The Morgan fingerprint density at radius 1 is 0.935 bits per heavy atom. The lowest BCUT2D eigenvalue weighted by atomic mass is 10.1. The Morgan fingerprint density at radius 2 is 1.61 bits per heavy atom. The highest BCUT2D eigenvalue weighted by Gasteiger charge is 2.17. The average molecular weight is 420 g/mol. The van der Waals surface area contributed by atoms with Gasteiger partial charge in [0, 0.05) is 18.7 Å². The van der Waals surface area contributed by atoms with E-state index >= 15 is 0 Å². The number of nitrogens with zero attached hydrogens (tertiary/aromatic N) is 1. The van der Waals surface area contributed by atoms with Crippen molar-refractivity contribution < 1.29 is 18.7 Å². The number of likely N-dealkylation sites (N-methyl/N-ethyl adjacent to an activating group) is 1. The highest BCUT2D eigenvalue weighted by molar-refractivity contribution is 5.85. The van der Waals surface area contributed by atoms with Crippen LogP contribution in [0.25, 0.3) is 11.1 Å². The minimum atomic E-state index is -0.327. The zero-order chi connectivity index (χ0) is 22.1. The summed E-state index contributed by atoms with van der Waals surface area (Å²) in [5.41, 5.74) is 2.68. The van der Waals surface area contributed by atoms with E-state index in [4.69, 9.17) is 4.74 Å². The quantitative estimate of drug-likeness (QED) is 0.569. The van der Waals surface area contributed by atoms with Crippen LogP contribution < -0.4 is 10.1 Å². The van der Waals surface area contributed by atoms with Crippen LogP contribution in [-0.4, -0.2) is 36.4 Å². The molecule has 0 spiro atoms. The molecule has 0 heterocycles. The molecular formula is C25H25FN2O3. The Bertz CT molecular complexity index is 1010. The first-order valence-corrected chi connectivity index (χ1v) is 10.1. The largest absolute Gasteiger partial charge is 0.483 e. The summed E-state index contributed by atoms with van der Waals surface area (Å²) in [7, 11) is 0. The summed E-state index contributed by atoms with van der Waals surface area (Å²) < 4.78 is 18.8. The maximum absolute atomic E-state index is 13.0. The summed E-state index contributed by atoms with van der Waals surface area (Å²) in [4.78, 5) is 26.3. The van der Waals surface area contributed by atoms with Crippen molar-refractivity contribution in [2.24, 2.45) is 0 Å². The maximum atomic E-state index is 13.0. The molecule has 5 nitrogen and oxygen atoms in total. The van der Waals surface area contributed by atoms with Gasteiger partial charge in [-0.2, -0.15) is 0 Å². The molecule has 31 heavy (non-hydrogen) atoms. The van der Waals surface area contributed by atoms with Gasteiger partial charge < -0.3 is 15.0 Å². The number of para-hydroxylation sites is 1. The van der Waals surface area contributed by atoms with E-state index in [9.17, 15) is 14.0 Å². The first kappa shape index (κ1) is 22.0. The van der Waals surface area contributed by atoms with Crippen LogP contribution in [-0.2, 0) is 16.1 Å². The Balaban J connectivity index is 1.54. The van der Waals surface area contributed by atoms with E-state index in [1.54, 1.807) is 12.1 Å². The van der Waals surface area contributed by atoms with Gasteiger partial charge in [0.15, 0.2) is 6.61 Å². The lowest BCUT2D eigenvalue weighted by Crippen LogP contribution is -2.42. The molecule has 3 aromatic carbocycles. The van der Waals surface area contributed by atoms with Crippen molar-refractivity contribution in [3.05, 3.63) is 90.2 Å². The van der Waals surface area contributed by atoms with Gasteiger partial charge in [-0.1, -0.05) is 60.7 Å². The molecule has 6 heteroatoms. The van der Waals surface area contributed by atoms with Gasteiger partial charge >= 0.3 is 0 Å². The van der Waals surface area contributed by atoms with Crippen molar-refractivity contribution in [2.45, 2.75) is 13.5 Å². The van der Waals surface area contributed by atoms with Crippen LogP contribution in [0.5, 0.6) is 5.75 Å². The molecule has 160 valence electrons. The molecule has 0 radical (unpaired) electrons. The first-order chi connectivity index (χ1) is 15.1. The normalized spacial score (nSPS) is 10.4. The Labute approximate surface area is 181 Å². The SMILES string of the molecule is CCN(CC(=O)NCc1ccc(F)cc1)C(=O)COc1ccccc1-c1ccccc1. The van der Waals surface area contributed by atoms with Crippen molar-refractivity contribution in [1.82, 2.24) is 10.2 Å². The standard InChI is InChI=1S/C25H25FN2O3/c1-2-28(17-24(29)27-16-19-12-14-21(26)15-13-19)25(30)18-31-23-11-7-6-10-22(23)20-8-4-3-5-9-20/h3-15H,2,16-18H2,1H3,(H,27,29). The van der Waals surface area contributed by atoms with Gasteiger partial charge in [-0.15, -0.1) is 0 Å². The van der Waals surface area contributed by atoms with Crippen molar-refractivity contribution in [3.63, 3.8) is 0 Å². The van der Waals surface area contributed by atoms with E-state index in [1.165, 1.54) is 17.0 Å². The number of hydrogen-bond donors (Lipinski definition) is 1. The van der Waals surface area contributed by atoms with E-state index in [2.05, 4.69) is 5.32 Å². The molecule has 0 aliphatic rings. The third-order valence-corrected chi connectivity index (χ3v) is 4.79. The Hall–Kier alpha value is -3.67. The second-order valence-corrected chi connectivity index (χ2v) is 6.96. The fraction of sp³-hybridized carbons (Fsp3) is 0.200. The molecule has 2 amide bonds. The second-order valence-electron chi connectivity index (χ2n) is 6.96. The lowest BCUT2D eigenvalue weighted by molar-refractivity contribution is -0.137. The van der Waals surface area contributed by atoms with Crippen molar-refractivity contribution in [3.8, 4) is 16.9 Å². The zero-order valence-electron chi connectivity index (χ0n) is 17.4. The van der Waals surface area contributed by atoms with Gasteiger partial charge in [-0.25, -0.2) is 4.39 Å². The van der Waals surface area contributed by atoms with Gasteiger partial charge in [-0.3, -0.25) is 9.59 Å². The second kappa shape index (κ2) is 10.9. The third-order valence-electron chi connectivity index (χ3n) is 4.79. The molecule has 0 unspecified atom stereocenters.